The summed E-state index contributed by atoms with van der Waals surface area (Å²) in [6, 6.07) is 5.15. The zero-order valence-electron chi connectivity index (χ0n) is 16.5. The predicted molar refractivity (Wildman–Crippen MR) is 103 cm³/mol. The van der Waals surface area contributed by atoms with E-state index in [9.17, 15) is 14.4 Å². The Morgan fingerprint density at radius 3 is 2.56 bits per heavy atom. The molecular formula is C20H29N3O4. The molecule has 0 spiro atoms. The minimum Gasteiger partial charge on any atom is -0.465 e. The molecule has 148 valence electrons. The van der Waals surface area contributed by atoms with Crippen LogP contribution in [0.25, 0.3) is 0 Å². The third-order valence-corrected chi connectivity index (χ3v) is 4.25. The molecule has 0 aliphatic carbocycles. The number of esters is 1. The van der Waals surface area contributed by atoms with Crippen LogP contribution >= 0.6 is 0 Å². The van der Waals surface area contributed by atoms with Crippen LogP contribution in [0.15, 0.2) is 18.2 Å². The first-order valence-electron chi connectivity index (χ1n) is 9.31. The standard InChI is InChI=1S/C20H29N3O4/c1-13(2)12-27-19(25)10-17-20(26)21-5-6-23(17)18(24)11-22-16-8-14(3)7-15(4)9-16/h7-9,13,17,22H,5-6,10-12H2,1-4H3,(H,21,26). The number of piperazine rings is 1. The fourth-order valence-electron chi connectivity index (χ4n) is 3.05. The zero-order valence-corrected chi connectivity index (χ0v) is 16.5. The highest BCUT2D eigenvalue weighted by atomic mass is 16.5. The molecule has 7 nitrogen and oxygen atoms in total. The fraction of sp³-hybridized carbons (Fsp3) is 0.550. The second kappa shape index (κ2) is 9.39. The molecule has 2 rings (SSSR count). The summed E-state index contributed by atoms with van der Waals surface area (Å²) in [7, 11) is 0. The molecule has 0 radical (unpaired) electrons. The van der Waals surface area contributed by atoms with Gasteiger partial charge in [0.05, 0.1) is 19.6 Å². The molecule has 2 N–H and O–H groups in total. The molecular weight excluding hydrogens is 346 g/mol. The quantitative estimate of drug-likeness (QED) is 0.708. The number of carbonyl (C=O) groups excluding carboxylic acids is 3. The SMILES string of the molecule is Cc1cc(C)cc(NCC(=O)N2CCNC(=O)C2CC(=O)OCC(C)C)c1. The number of nitrogens with one attached hydrogen (secondary N) is 2. The van der Waals surface area contributed by atoms with E-state index in [1.807, 2.05) is 39.8 Å². The van der Waals surface area contributed by atoms with E-state index in [0.717, 1.165) is 16.8 Å². The van der Waals surface area contributed by atoms with Gasteiger partial charge in [0.15, 0.2) is 0 Å². The van der Waals surface area contributed by atoms with Crippen molar-refractivity contribution in [3.63, 3.8) is 0 Å². The molecule has 0 saturated carbocycles. The topological polar surface area (TPSA) is 87.7 Å². The number of carbonyl (C=O) groups is 3. The van der Waals surface area contributed by atoms with Crippen LogP contribution < -0.4 is 10.6 Å². The fourth-order valence-corrected chi connectivity index (χ4v) is 3.05. The van der Waals surface area contributed by atoms with E-state index in [4.69, 9.17) is 4.74 Å². The van der Waals surface area contributed by atoms with Gasteiger partial charge in [0.25, 0.3) is 0 Å². The Balaban J connectivity index is 1.98. The second-order valence-electron chi connectivity index (χ2n) is 7.40. The average molecular weight is 375 g/mol. The van der Waals surface area contributed by atoms with Gasteiger partial charge in [-0.05, 0) is 43.0 Å². The van der Waals surface area contributed by atoms with Gasteiger partial charge in [-0.1, -0.05) is 19.9 Å². The number of benzene rings is 1. The maximum Gasteiger partial charge on any atom is 0.308 e. The van der Waals surface area contributed by atoms with Crippen LogP contribution in [-0.4, -0.2) is 55.0 Å². The number of nitrogens with zero attached hydrogens (tertiary/aromatic N) is 1. The predicted octanol–water partition coefficient (Wildman–Crippen LogP) is 1.63. The second-order valence-corrected chi connectivity index (χ2v) is 7.40. The number of hydrogen-bond donors (Lipinski definition) is 2. The van der Waals surface area contributed by atoms with Gasteiger partial charge in [0.1, 0.15) is 6.04 Å². The van der Waals surface area contributed by atoms with E-state index in [-0.39, 0.29) is 30.7 Å². The number of amides is 2. The highest BCUT2D eigenvalue weighted by Gasteiger charge is 2.35. The molecule has 1 saturated heterocycles. The van der Waals surface area contributed by atoms with Crippen LogP contribution in [0.4, 0.5) is 5.69 Å². The van der Waals surface area contributed by atoms with E-state index < -0.39 is 12.0 Å². The van der Waals surface area contributed by atoms with Crippen LogP contribution in [0.5, 0.6) is 0 Å². The molecule has 1 aliphatic rings. The van der Waals surface area contributed by atoms with Gasteiger partial charge in [-0.15, -0.1) is 0 Å². The molecule has 1 aromatic carbocycles. The lowest BCUT2D eigenvalue weighted by Gasteiger charge is -2.34. The lowest BCUT2D eigenvalue weighted by atomic mass is 10.1. The zero-order chi connectivity index (χ0) is 20.0. The summed E-state index contributed by atoms with van der Waals surface area (Å²) in [5, 5.41) is 5.83. The van der Waals surface area contributed by atoms with Gasteiger partial charge in [-0.2, -0.15) is 0 Å². The molecule has 2 amide bonds. The van der Waals surface area contributed by atoms with Crippen molar-refractivity contribution in [1.29, 1.82) is 0 Å². The number of ether oxygens (including phenoxy) is 1. The Bertz CT molecular complexity index is 682. The summed E-state index contributed by atoms with van der Waals surface area (Å²) < 4.78 is 5.17. The van der Waals surface area contributed by atoms with E-state index in [2.05, 4.69) is 16.7 Å². The third-order valence-electron chi connectivity index (χ3n) is 4.25. The first kappa shape index (κ1) is 20.7. The van der Waals surface area contributed by atoms with Crippen molar-refractivity contribution in [3.8, 4) is 0 Å². The molecule has 1 heterocycles. The van der Waals surface area contributed by atoms with Crippen molar-refractivity contribution in [2.45, 2.75) is 40.2 Å². The molecule has 1 unspecified atom stereocenters. The van der Waals surface area contributed by atoms with Crippen molar-refractivity contribution in [2.24, 2.45) is 5.92 Å². The number of aryl methyl sites for hydroxylation is 2. The summed E-state index contributed by atoms with van der Waals surface area (Å²) in [6.45, 7) is 8.99. The monoisotopic (exact) mass is 375 g/mol. The summed E-state index contributed by atoms with van der Waals surface area (Å²) in [5.41, 5.74) is 3.07. The number of rotatable bonds is 7. The average Bonchev–Trinajstić information content (AvgIpc) is 2.59. The van der Waals surface area contributed by atoms with Crippen molar-refractivity contribution in [1.82, 2.24) is 10.2 Å². The smallest absolute Gasteiger partial charge is 0.308 e. The van der Waals surface area contributed by atoms with Crippen LogP contribution in [0, 0.1) is 19.8 Å². The number of hydrogen-bond acceptors (Lipinski definition) is 5. The Morgan fingerprint density at radius 2 is 1.93 bits per heavy atom. The Labute approximate surface area is 160 Å². The van der Waals surface area contributed by atoms with Gasteiger partial charge >= 0.3 is 5.97 Å². The highest BCUT2D eigenvalue weighted by molar-refractivity contribution is 5.93. The van der Waals surface area contributed by atoms with Crippen LogP contribution in [0.1, 0.15) is 31.4 Å². The summed E-state index contributed by atoms with van der Waals surface area (Å²) in [5.74, 6) is -0.784. The largest absolute Gasteiger partial charge is 0.465 e. The van der Waals surface area contributed by atoms with Crippen LogP contribution in [-0.2, 0) is 19.1 Å². The van der Waals surface area contributed by atoms with E-state index in [0.29, 0.717) is 19.7 Å². The Hall–Kier alpha value is -2.57. The van der Waals surface area contributed by atoms with E-state index in [1.54, 1.807) is 0 Å². The van der Waals surface area contributed by atoms with Gasteiger partial charge < -0.3 is 20.3 Å². The van der Waals surface area contributed by atoms with Crippen LogP contribution in [0.3, 0.4) is 0 Å². The highest BCUT2D eigenvalue weighted by Crippen LogP contribution is 2.15. The van der Waals surface area contributed by atoms with Crippen molar-refractivity contribution in [2.75, 3.05) is 31.6 Å². The molecule has 1 fully saturated rings. The molecule has 0 aromatic heterocycles. The minimum absolute atomic E-state index is 0.0632. The molecule has 7 heteroatoms. The van der Waals surface area contributed by atoms with E-state index >= 15 is 0 Å². The maximum absolute atomic E-state index is 12.7. The molecule has 27 heavy (non-hydrogen) atoms. The summed E-state index contributed by atoms with van der Waals surface area (Å²) >= 11 is 0. The first-order chi connectivity index (χ1) is 12.8. The third kappa shape index (κ3) is 6.27. The minimum atomic E-state index is -0.827. The molecule has 1 aliphatic heterocycles. The maximum atomic E-state index is 12.7. The van der Waals surface area contributed by atoms with Gasteiger partial charge in [0, 0.05) is 18.8 Å². The molecule has 1 aromatic rings. The van der Waals surface area contributed by atoms with Crippen molar-refractivity contribution >= 4 is 23.5 Å². The summed E-state index contributed by atoms with van der Waals surface area (Å²) in [4.78, 5) is 38.4. The van der Waals surface area contributed by atoms with Gasteiger partial charge in [-0.3, -0.25) is 14.4 Å². The Morgan fingerprint density at radius 1 is 1.26 bits per heavy atom. The lowest BCUT2D eigenvalue weighted by Crippen LogP contribution is -2.58. The molecule has 0 bridgehead atoms. The van der Waals surface area contributed by atoms with Crippen molar-refractivity contribution < 1.29 is 19.1 Å². The van der Waals surface area contributed by atoms with Gasteiger partial charge in [0.2, 0.25) is 11.8 Å². The molecule has 1 atom stereocenters. The van der Waals surface area contributed by atoms with Crippen molar-refractivity contribution in [3.05, 3.63) is 29.3 Å². The van der Waals surface area contributed by atoms with Crippen LogP contribution in [0.2, 0.25) is 0 Å². The van der Waals surface area contributed by atoms with E-state index in [1.165, 1.54) is 4.90 Å². The number of anilines is 1. The lowest BCUT2D eigenvalue weighted by molar-refractivity contribution is -0.152. The summed E-state index contributed by atoms with van der Waals surface area (Å²) in [6.07, 6.45) is -0.131. The Kier molecular flexibility index (Phi) is 7.21. The first-order valence-corrected chi connectivity index (χ1v) is 9.31. The van der Waals surface area contributed by atoms with Gasteiger partial charge in [-0.25, -0.2) is 0 Å². The normalized spacial score (nSPS) is 16.9.